The zero-order valence-corrected chi connectivity index (χ0v) is 17.3. The van der Waals surface area contributed by atoms with Crippen molar-refractivity contribution in [3.8, 4) is 0 Å². The lowest BCUT2D eigenvalue weighted by Crippen LogP contribution is -2.52. The molecule has 1 N–H and O–H groups in total. The van der Waals surface area contributed by atoms with Crippen molar-refractivity contribution in [2.24, 2.45) is 5.41 Å². The highest BCUT2D eigenvalue weighted by Gasteiger charge is 2.58. The van der Waals surface area contributed by atoms with Gasteiger partial charge in [-0.1, -0.05) is 48.0 Å². The van der Waals surface area contributed by atoms with Crippen LogP contribution in [0.15, 0.2) is 48.5 Å². The maximum absolute atomic E-state index is 13.2. The molecule has 2 fully saturated rings. The highest BCUT2D eigenvalue weighted by molar-refractivity contribution is 6.13. The quantitative estimate of drug-likeness (QED) is 0.795. The molecule has 4 rings (SSSR count). The van der Waals surface area contributed by atoms with Crippen LogP contribution in [0.25, 0.3) is 0 Å². The summed E-state index contributed by atoms with van der Waals surface area (Å²) in [4.78, 5) is 30.4. The van der Waals surface area contributed by atoms with Gasteiger partial charge in [0.2, 0.25) is 11.8 Å². The van der Waals surface area contributed by atoms with Crippen molar-refractivity contribution in [1.82, 2.24) is 9.80 Å². The molecule has 5 heteroatoms. The second-order valence-electron chi connectivity index (χ2n) is 8.41. The normalized spacial score (nSPS) is 18.3. The molecule has 5 nitrogen and oxygen atoms in total. The first-order valence-electron chi connectivity index (χ1n) is 10.4. The molecule has 1 saturated carbocycles. The minimum absolute atomic E-state index is 0.000809. The van der Waals surface area contributed by atoms with Gasteiger partial charge >= 0.3 is 0 Å². The van der Waals surface area contributed by atoms with E-state index < -0.39 is 5.41 Å². The van der Waals surface area contributed by atoms with Crippen LogP contribution < -0.4 is 5.32 Å². The number of nitrogens with one attached hydrogen (secondary N) is 1. The Bertz CT molecular complexity index is 898. The number of amides is 2. The lowest BCUT2D eigenvalue weighted by molar-refractivity contribution is -0.143. The van der Waals surface area contributed by atoms with Gasteiger partial charge in [-0.15, -0.1) is 0 Å². The zero-order valence-electron chi connectivity index (χ0n) is 17.3. The second-order valence-corrected chi connectivity index (χ2v) is 8.41. The van der Waals surface area contributed by atoms with Gasteiger partial charge in [-0.25, -0.2) is 0 Å². The van der Waals surface area contributed by atoms with E-state index in [1.165, 1.54) is 5.56 Å². The molecule has 0 atom stereocenters. The largest absolute Gasteiger partial charge is 0.339 e. The lowest BCUT2D eigenvalue weighted by Gasteiger charge is -2.36. The molecule has 2 aromatic rings. The topological polar surface area (TPSA) is 52.7 Å². The fourth-order valence-corrected chi connectivity index (χ4v) is 4.11. The van der Waals surface area contributed by atoms with Crippen molar-refractivity contribution in [2.75, 3.05) is 31.5 Å². The predicted octanol–water partition coefficient (Wildman–Crippen LogP) is 3.37. The van der Waals surface area contributed by atoms with Gasteiger partial charge in [0.1, 0.15) is 5.41 Å². The molecule has 0 radical (unpaired) electrons. The first kappa shape index (κ1) is 19.6. The van der Waals surface area contributed by atoms with E-state index in [9.17, 15) is 9.59 Å². The Hall–Kier alpha value is -2.66. The van der Waals surface area contributed by atoms with E-state index >= 15 is 0 Å². The van der Waals surface area contributed by atoms with Crippen molar-refractivity contribution in [3.05, 3.63) is 65.2 Å². The first-order chi connectivity index (χ1) is 14.0. The second kappa shape index (κ2) is 7.99. The molecule has 0 bridgehead atoms. The molecule has 2 aromatic carbocycles. The molecular weight excluding hydrogens is 362 g/mol. The molecule has 2 amide bonds. The minimum Gasteiger partial charge on any atom is -0.339 e. The zero-order chi connectivity index (χ0) is 20.4. The number of carbonyl (C=O) groups is 2. The van der Waals surface area contributed by atoms with Crippen molar-refractivity contribution in [2.45, 2.75) is 33.2 Å². The summed E-state index contributed by atoms with van der Waals surface area (Å²) in [6, 6.07) is 16.4. The Morgan fingerprint density at radius 2 is 1.66 bits per heavy atom. The molecular formula is C24H29N3O2. The summed E-state index contributed by atoms with van der Waals surface area (Å²) < 4.78 is 0. The van der Waals surface area contributed by atoms with E-state index in [-0.39, 0.29) is 11.8 Å². The van der Waals surface area contributed by atoms with Gasteiger partial charge in [0.25, 0.3) is 0 Å². The average Bonchev–Trinajstić information content (AvgIpc) is 3.53. The highest BCUT2D eigenvalue weighted by Crippen LogP contribution is 2.48. The van der Waals surface area contributed by atoms with Crippen LogP contribution in [0.5, 0.6) is 0 Å². The summed E-state index contributed by atoms with van der Waals surface area (Å²) >= 11 is 0. The summed E-state index contributed by atoms with van der Waals surface area (Å²) in [6.07, 6.45) is 1.29. The molecule has 2 aliphatic rings. The molecule has 1 heterocycles. The van der Waals surface area contributed by atoms with Crippen LogP contribution >= 0.6 is 0 Å². The maximum Gasteiger partial charge on any atom is 0.240 e. The average molecular weight is 392 g/mol. The molecule has 0 spiro atoms. The fraction of sp³-hybridized carbons (Fsp3) is 0.417. The summed E-state index contributed by atoms with van der Waals surface area (Å²) in [7, 11) is 0. The highest BCUT2D eigenvalue weighted by atomic mass is 16.2. The van der Waals surface area contributed by atoms with E-state index in [0.717, 1.165) is 36.4 Å². The smallest absolute Gasteiger partial charge is 0.240 e. The summed E-state index contributed by atoms with van der Waals surface area (Å²) in [5.41, 5.74) is 3.41. The van der Waals surface area contributed by atoms with Gasteiger partial charge < -0.3 is 10.2 Å². The Labute approximate surface area is 172 Å². The fourth-order valence-electron chi connectivity index (χ4n) is 4.11. The predicted molar refractivity (Wildman–Crippen MR) is 115 cm³/mol. The standard InChI is InChI=1S/C24H29N3O2/c1-18-8-9-21(19(2)16-18)25-22(28)24(10-11-24)23(29)27-14-12-26(13-15-27)17-20-6-4-3-5-7-20/h3-9,16H,10-15,17H2,1-2H3,(H,25,28). The molecule has 0 aromatic heterocycles. The van der Waals surface area contributed by atoms with Crippen LogP contribution in [0, 0.1) is 19.3 Å². The van der Waals surface area contributed by atoms with E-state index in [1.807, 2.05) is 43.0 Å². The number of carbonyl (C=O) groups excluding carboxylic acids is 2. The Kier molecular flexibility index (Phi) is 5.41. The Balaban J connectivity index is 1.35. The molecule has 1 aliphatic carbocycles. The number of piperazine rings is 1. The molecule has 1 aliphatic heterocycles. The molecule has 29 heavy (non-hydrogen) atoms. The monoisotopic (exact) mass is 391 g/mol. The van der Waals surface area contributed by atoms with Crippen molar-refractivity contribution in [1.29, 1.82) is 0 Å². The summed E-state index contributed by atoms with van der Waals surface area (Å²) in [5, 5.41) is 3.00. The van der Waals surface area contributed by atoms with Gasteiger partial charge in [0, 0.05) is 38.4 Å². The number of rotatable bonds is 5. The van der Waals surface area contributed by atoms with Gasteiger partial charge in [-0.3, -0.25) is 14.5 Å². The van der Waals surface area contributed by atoms with Crippen LogP contribution in [0.4, 0.5) is 5.69 Å². The van der Waals surface area contributed by atoms with Crippen LogP contribution in [-0.2, 0) is 16.1 Å². The van der Waals surface area contributed by atoms with Crippen molar-refractivity contribution in [3.63, 3.8) is 0 Å². The van der Waals surface area contributed by atoms with Crippen molar-refractivity contribution >= 4 is 17.5 Å². The van der Waals surface area contributed by atoms with Gasteiger partial charge in [-0.05, 0) is 43.9 Å². The van der Waals surface area contributed by atoms with E-state index in [1.54, 1.807) is 0 Å². The van der Waals surface area contributed by atoms with Crippen LogP contribution in [0.2, 0.25) is 0 Å². The molecule has 0 unspecified atom stereocenters. The lowest BCUT2D eigenvalue weighted by atomic mass is 10.0. The third-order valence-electron chi connectivity index (χ3n) is 6.13. The van der Waals surface area contributed by atoms with Crippen LogP contribution in [-0.4, -0.2) is 47.8 Å². The summed E-state index contributed by atoms with van der Waals surface area (Å²) in [5.74, 6) is -0.153. The third-order valence-corrected chi connectivity index (χ3v) is 6.13. The van der Waals surface area contributed by atoms with E-state index in [0.29, 0.717) is 25.9 Å². The Morgan fingerprint density at radius 3 is 2.28 bits per heavy atom. The van der Waals surface area contributed by atoms with Gasteiger partial charge in [0.05, 0.1) is 0 Å². The number of nitrogens with zero attached hydrogens (tertiary/aromatic N) is 2. The van der Waals surface area contributed by atoms with Crippen LogP contribution in [0.3, 0.4) is 0 Å². The SMILES string of the molecule is Cc1ccc(NC(=O)C2(C(=O)N3CCN(Cc4ccccc4)CC3)CC2)c(C)c1. The Morgan fingerprint density at radius 1 is 0.966 bits per heavy atom. The number of aryl methyl sites for hydroxylation is 2. The van der Waals surface area contributed by atoms with Gasteiger partial charge in [0.15, 0.2) is 0 Å². The van der Waals surface area contributed by atoms with Crippen LogP contribution in [0.1, 0.15) is 29.5 Å². The maximum atomic E-state index is 13.2. The molecule has 1 saturated heterocycles. The number of hydrogen-bond acceptors (Lipinski definition) is 3. The number of anilines is 1. The van der Waals surface area contributed by atoms with E-state index in [4.69, 9.17) is 0 Å². The van der Waals surface area contributed by atoms with Crippen molar-refractivity contribution < 1.29 is 9.59 Å². The minimum atomic E-state index is -0.862. The van der Waals surface area contributed by atoms with E-state index in [2.05, 4.69) is 34.5 Å². The van der Waals surface area contributed by atoms with Gasteiger partial charge in [-0.2, -0.15) is 0 Å². The number of hydrogen-bond donors (Lipinski definition) is 1. The third kappa shape index (κ3) is 4.20. The number of benzene rings is 2. The summed E-state index contributed by atoms with van der Waals surface area (Å²) in [6.45, 7) is 7.97. The molecule has 152 valence electrons. The first-order valence-corrected chi connectivity index (χ1v) is 10.4.